The van der Waals surface area contributed by atoms with Gasteiger partial charge in [-0.1, -0.05) is 127 Å². The molecule has 4 saturated heterocycles. The molecule has 0 saturated carbocycles. The number of hydrogen-bond donors (Lipinski definition) is 4. The number of carbonyl (C=O) groups excluding carboxylic acids is 8. The van der Waals surface area contributed by atoms with E-state index in [1.165, 1.54) is 23.9 Å². The van der Waals surface area contributed by atoms with E-state index >= 15 is 0 Å². The first-order valence-corrected chi connectivity index (χ1v) is 33.3. The molecule has 6 rings (SSSR count). The Morgan fingerprint density at radius 1 is 0.667 bits per heavy atom. The average Bonchev–Trinajstić information content (AvgIpc) is 1.69. The molecule has 0 bridgehead atoms. The van der Waals surface area contributed by atoms with E-state index in [-0.39, 0.29) is 72.9 Å². The summed E-state index contributed by atoms with van der Waals surface area (Å²) in [6.45, 7) is 19.9. The molecular formula is C65H100N8O12S2. The molecule has 4 aliphatic rings. The smallest absolute Gasteiger partial charge is 0.410 e. The molecule has 4 heterocycles. The summed E-state index contributed by atoms with van der Waals surface area (Å²) in [6, 6.07) is 15.2. The Bertz CT molecular complexity index is 2640. The minimum atomic E-state index is -0.964. The van der Waals surface area contributed by atoms with Crippen molar-refractivity contribution in [3.8, 4) is 0 Å². The van der Waals surface area contributed by atoms with Crippen molar-refractivity contribution in [3.05, 3.63) is 71.8 Å². The number of likely N-dealkylation sites (N-methyl/N-ethyl adjacent to an activating group) is 2. The van der Waals surface area contributed by atoms with Crippen molar-refractivity contribution in [1.29, 1.82) is 0 Å². The van der Waals surface area contributed by atoms with Gasteiger partial charge in [0.25, 0.3) is 0 Å². The summed E-state index contributed by atoms with van der Waals surface area (Å²) in [4.78, 5) is 115. The molecule has 484 valence electrons. The second kappa shape index (κ2) is 31.7. The van der Waals surface area contributed by atoms with Crippen LogP contribution in [-0.4, -0.2) is 172 Å². The number of ether oxygens (including phenoxy) is 4. The highest BCUT2D eigenvalue weighted by atomic mass is 32.2. The monoisotopic (exact) mass is 1250 g/mol. The van der Waals surface area contributed by atoms with E-state index in [4.69, 9.17) is 24.7 Å². The van der Waals surface area contributed by atoms with Crippen molar-refractivity contribution >= 4 is 71.2 Å². The lowest BCUT2D eigenvalue weighted by atomic mass is 9.83. The van der Waals surface area contributed by atoms with E-state index in [2.05, 4.69) is 16.0 Å². The number of hydrogen-bond acceptors (Lipinski definition) is 14. The van der Waals surface area contributed by atoms with Gasteiger partial charge < -0.3 is 55.3 Å². The molecule has 0 radical (unpaired) electrons. The lowest BCUT2D eigenvalue weighted by Crippen LogP contribution is -2.57. The number of rotatable bonds is 28. The van der Waals surface area contributed by atoms with Crippen LogP contribution < -0.4 is 21.7 Å². The Kier molecular flexibility index (Phi) is 25.7. The Hall–Kier alpha value is -5.58. The number of fused-ring (bicyclic) bond motifs is 2. The maximum absolute atomic E-state index is 14.5. The van der Waals surface area contributed by atoms with Gasteiger partial charge in [0.2, 0.25) is 35.4 Å². The van der Waals surface area contributed by atoms with Crippen molar-refractivity contribution in [3.63, 3.8) is 0 Å². The van der Waals surface area contributed by atoms with Crippen molar-refractivity contribution in [2.45, 2.75) is 211 Å². The zero-order chi connectivity index (χ0) is 63.9. The van der Waals surface area contributed by atoms with Crippen LogP contribution in [0.2, 0.25) is 0 Å². The van der Waals surface area contributed by atoms with E-state index in [0.29, 0.717) is 44.0 Å². The third-order valence-corrected chi connectivity index (χ3v) is 19.2. The van der Waals surface area contributed by atoms with Gasteiger partial charge in [-0.15, -0.1) is 23.5 Å². The zero-order valence-electron chi connectivity index (χ0n) is 53.7. The standard InChI is InChI=1S/C65H100N8O12S2/c1-62(2,3)84-60(80)70(11)39-50(74)67-46-31-34-86-53-38-65(9,10)55(73(53)59(46)79)58(78)69-48(45-29-23-20-24-30-45)41-83-33-26-18-16-14-13-15-17-25-32-82-40-47(44-27-21-19-22-28-44)68-57(77)54-64(7,8)37-52-72(54)51(75)36-43(42-87-52)35-49(56(66)76)71(12)61(81)85-63(4,5)6/h19-24,27-30,43,46-49,52-55H,13-18,25-26,31-42H2,1-12H3,(H2,66,76)(H,67,74)(H,68,77)(H,69,78)/t43?,46-,47+,48+,49-,52-,53-,54?,55?/m0/s1. The van der Waals surface area contributed by atoms with Gasteiger partial charge in [0.05, 0.1) is 36.0 Å². The maximum atomic E-state index is 14.5. The lowest BCUT2D eigenvalue weighted by molar-refractivity contribution is -0.144. The number of nitrogens with zero attached hydrogens (tertiary/aromatic N) is 4. The first-order chi connectivity index (χ1) is 41.0. The highest BCUT2D eigenvalue weighted by molar-refractivity contribution is 8.00. The number of amides is 8. The molecule has 2 aromatic rings. The molecule has 8 amide bonds. The summed E-state index contributed by atoms with van der Waals surface area (Å²) in [5, 5.41) is 8.90. The number of unbranched alkanes of at least 4 members (excludes halogenated alkanes) is 7. The zero-order valence-corrected chi connectivity index (χ0v) is 55.3. The van der Waals surface area contributed by atoms with Gasteiger partial charge in [0.1, 0.15) is 41.9 Å². The first-order valence-electron chi connectivity index (χ1n) is 31.2. The third kappa shape index (κ3) is 20.7. The van der Waals surface area contributed by atoms with Gasteiger partial charge in [0, 0.05) is 33.7 Å². The van der Waals surface area contributed by atoms with Crippen molar-refractivity contribution in [1.82, 2.24) is 35.6 Å². The molecule has 22 heteroatoms. The van der Waals surface area contributed by atoms with Crippen LogP contribution >= 0.6 is 23.5 Å². The van der Waals surface area contributed by atoms with Crippen LogP contribution in [0.4, 0.5) is 9.59 Å². The highest BCUT2D eigenvalue weighted by Gasteiger charge is 2.56. The van der Waals surface area contributed by atoms with Gasteiger partial charge in [0.15, 0.2) is 0 Å². The van der Waals surface area contributed by atoms with Crippen LogP contribution in [0, 0.1) is 16.7 Å². The molecule has 5 N–H and O–H groups in total. The molecule has 9 atom stereocenters. The first kappa shape index (κ1) is 70.5. The Morgan fingerprint density at radius 2 is 1.13 bits per heavy atom. The molecule has 0 aromatic heterocycles. The van der Waals surface area contributed by atoms with E-state index in [9.17, 15) is 38.4 Å². The average molecular weight is 1250 g/mol. The largest absolute Gasteiger partial charge is 0.444 e. The number of nitrogens with one attached hydrogen (secondary N) is 3. The van der Waals surface area contributed by atoms with Crippen LogP contribution in [0.3, 0.4) is 0 Å². The second-order valence-electron chi connectivity index (χ2n) is 27.3. The quantitative estimate of drug-likeness (QED) is 0.0581. The van der Waals surface area contributed by atoms with Gasteiger partial charge in [-0.25, -0.2) is 9.59 Å². The minimum Gasteiger partial charge on any atom is -0.444 e. The van der Waals surface area contributed by atoms with Crippen LogP contribution in [0.5, 0.6) is 0 Å². The predicted octanol–water partition coefficient (Wildman–Crippen LogP) is 9.11. The fraction of sp³-hybridized carbons (Fsp3) is 0.692. The molecule has 20 nitrogen and oxygen atoms in total. The van der Waals surface area contributed by atoms with E-state index in [1.54, 1.807) is 74.9 Å². The third-order valence-electron chi connectivity index (χ3n) is 16.5. The summed E-state index contributed by atoms with van der Waals surface area (Å²) in [6.07, 6.45) is 8.75. The highest BCUT2D eigenvalue weighted by Crippen LogP contribution is 2.49. The molecule has 4 aliphatic heterocycles. The summed E-state index contributed by atoms with van der Waals surface area (Å²) in [5.74, 6) is -1.23. The molecular weight excluding hydrogens is 1150 g/mol. The van der Waals surface area contributed by atoms with E-state index < -0.39 is 82.3 Å². The predicted molar refractivity (Wildman–Crippen MR) is 339 cm³/mol. The van der Waals surface area contributed by atoms with Crippen LogP contribution in [0.15, 0.2) is 60.7 Å². The van der Waals surface area contributed by atoms with E-state index in [0.717, 1.165) is 62.5 Å². The molecule has 0 spiro atoms. The number of primary amides is 1. The van der Waals surface area contributed by atoms with Gasteiger partial charge >= 0.3 is 12.2 Å². The number of nitrogens with two attached hydrogens (primary N) is 1. The van der Waals surface area contributed by atoms with Gasteiger partial charge in [-0.3, -0.25) is 33.7 Å². The fourth-order valence-corrected chi connectivity index (χ4v) is 15.3. The number of carbonyl (C=O) groups is 8. The second-order valence-corrected chi connectivity index (χ2v) is 29.8. The van der Waals surface area contributed by atoms with E-state index in [1.807, 2.05) is 88.4 Å². The number of thioether (sulfide) groups is 2. The fourth-order valence-electron chi connectivity index (χ4n) is 12.1. The Labute approximate surface area is 525 Å². The van der Waals surface area contributed by atoms with Crippen molar-refractivity contribution in [2.24, 2.45) is 22.5 Å². The molecule has 2 aromatic carbocycles. The number of benzene rings is 2. The summed E-state index contributed by atoms with van der Waals surface area (Å²) >= 11 is 3.23. The van der Waals surface area contributed by atoms with Crippen LogP contribution in [-0.2, 0) is 47.7 Å². The Balaban J connectivity index is 0.907. The summed E-state index contributed by atoms with van der Waals surface area (Å²) in [7, 11) is 2.96. The topological polar surface area (TPSA) is 249 Å². The van der Waals surface area contributed by atoms with Crippen molar-refractivity contribution < 1.29 is 57.3 Å². The SMILES string of the molecule is CN(CC(=O)N[C@H]1CCS[C@H]2CC(C)(C)C(C(=O)N[C@H](COCCCCCCCCCCOC[C@@H](NC(=O)C3N4C(=O)CC(C[C@@H](C(N)=O)N(C)C(=O)OC(C)(C)C)CS[C@H]4CC3(C)C)c3ccccc3)c3ccccc3)N2C1=O)C(=O)OC(C)(C)C. The van der Waals surface area contributed by atoms with Gasteiger partial charge in [-0.05, 0) is 119 Å². The molecule has 3 unspecified atom stereocenters. The molecule has 4 fully saturated rings. The van der Waals surface area contributed by atoms with Crippen LogP contribution in [0.1, 0.15) is 176 Å². The lowest BCUT2D eigenvalue weighted by Gasteiger charge is -2.35. The van der Waals surface area contributed by atoms with Crippen molar-refractivity contribution in [2.75, 3.05) is 58.6 Å². The maximum Gasteiger partial charge on any atom is 0.410 e. The molecule has 87 heavy (non-hydrogen) atoms. The van der Waals surface area contributed by atoms with Crippen LogP contribution in [0.25, 0.3) is 0 Å². The normalized spacial score (nSPS) is 22.8. The Morgan fingerprint density at radius 3 is 1.61 bits per heavy atom. The minimum absolute atomic E-state index is 0.109. The summed E-state index contributed by atoms with van der Waals surface area (Å²) < 4.78 is 23.4. The molecule has 0 aliphatic carbocycles. The van der Waals surface area contributed by atoms with Gasteiger partial charge in [-0.2, -0.15) is 0 Å². The summed E-state index contributed by atoms with van der Waals surface area (Å²) in [5.41, 5.74) is 5.05.